The van der Waals surface area contributed by atoms with Crippen molar-refractivity contribution < 1.29 is 14.7 Å². The van der Waals surface area contributed by atoms with Crippen LogP contribution in [0, 0.1) is 11.3 Å². The Balaban J connectivity index is 2.01. The average molecular weight is 282 g/mol. The second kappa shape index (κ2) is 5.72. The van der Waals surface area contributed by atoms with Crippen molar-refractivity contribution in [3.05, 3.63) is 0 Å². The van der Waals surface area contributed by atoms with Crippen LogP contribution in [0.15, 0.2) is 0 Å². The molecule has 0 aromatic rings. The SMILES string of the molecule is CN1CCN(C(=O)C(C)(C)C2CCC(O)CC2)CC1=O. The lowest BCUT2D eigenvalue weighted by atomic mass is 9.69. The lowest BCUT2D eigenvalue weighted by Crippen LogP contribution is -2.55. The molecule has 1 aliphatic heterocycles. The van der Waals surface area contributed by atoms with Crippen LogP contribution in [0.25, 0.3) is 0 Å². The molecule has 0 aromatic carbocycles. The number of carbonyl (C=O) groups excluding carboxylic acids is 2. The highest BCUT2D eigenvalue weighted by Gasteiger charge is 2.42. The molecule has 5 nitrogen and oxygen atoms in total. The minimum Gasteiger partial charge on any atom is -0.393 e. The fraction of sp³-hybridized carbons (Fsp3) is 0.867. The van der Waals surface area contributed by atoms with Gasteiger partial charge < -0.3 is 14.9 Å². The summed E-state index contributed by atoms with van der Waals surface area (Å²) in [7, 11) is 1.78. The molecule has 20 heavy (non-hydrogen) atoms. The summed E-state index contributed by atoms with van der Waals surface area (Å²) in [6.45, 7) is 5.42. The predicted octanol–water partition coefficient (Wildman–Crippen LogP) is 0.864. The molecule has 114 valence electrons. The molecule has 2 aliphatic rings. The molecule has 2 fully saturated rings. The first-order valence-electron chi connectivity index (χ1n) is 7.53. The number of hydrogen-bond donors (Lipinski definition) is 1. The molecule has 0 atom stereocenters. The monoisotopic (exact) mass is 282 g/mol. The Kier molecular flexibility index (Phi) is 4.37. The summed E-state index contributed by atoms with van der Waals surface area (Å²) in [5.74, 6) is 0.396. The van der Waals surface area contributed by atoms with E-state index < -0.39 is 5.41 Å². The number of rotatable bonds is 2. The maximum Gasteiger partial charge on any atom is 0.241 e. The van der Waals surface area contributed by atoms with E-state index >= 15 is 0 Å². The van der Waals surface area contributed by atoms with E-state index in [1.54, 1.807) is 16.8 Å². The molecule has 1 heterocycles. The highest BCUT2D eigenvalue weighted by Crippen LogP contribution is 2.39. The average Bonchev–Trinajstić information content (AvgIpc) is 2.41. The lowest BCUT2D eigenvalue weighted by Gasteiger charge is -2.42. The number of aliphatic hydroxyl groups is 1. The molecule has 0 bridgehead atoms. The Labute approximate surface area is 120 Å². The summed E-state index contributed by atoms with van der Waals surface area (Å²) in [5.41, 5.74) is -0.448. The molecule has 1 aliphatic carbocycles. The molecule has 2 amide bonds. The van der Waals surface area contributed by atoms with Crippen molar-refractivity contribution in [1.29, 1.82) is 0 Å². The summed E-state index contributed by atoms with van der Waals surface area (Å²) in [6.07, 6.45) is 3.14. The molecule has 1 saturated carbocycles. The van der Waals surface area contributed by atoms with Crippen LogP contribution < -0.4 is 0 Å². The third-order valence-corrected chi connectivity index (χ3v) is 5.01. The van der Waals surface area contributed by atoms with Crippen molar-refractivity contribution in [3.63, 3.8) is 0 Å². The van der Waals surface area contributed by atoms with Crippen molar-refractivity contribution >= 4 is 11.8 Å². The van der Waals surface area contributed by atoms with Crippen LogP contribution in [-0.2, 0) is 9.59 Å². The molecule has 0 aromatic heterocycles. The number of amides is 2. The summed E-state index contributed by atoms with van der Waals surface area (Å²) < 4.78 is 0. The highest BCUT2D eigenvalue weighted by molar-refractivity contribution is 5.88. The van der Waals surface area contributed by atoms with Gasteiger partial charge in [0.05, 0.1) is 12.6 Å². The third kappa shape index (κ3) is 2.97. The normalized spacial score (nSPS) is 28.7. The zero-order valence-electron chi connectivity index (χ0n) is 12.8. The van der Waals surface area contributed by atoms with Gasteiger partial charge in [-0.1, -0.05) is 13.8 Å². The third-order valence-electron chi connectivity index (χ3n) is 5.01. The highest BCUT2D eigenvalue weighted by atomic mass is 16.3. The first-order chi connectivity index (χ1) is 9.32. The van der Waals surface area contributed by atoms with Crippen molar-refractivity contribution in [1.82, 2.24) is 9.80 Å². The maximum atomic E-state index is 12.7. The molecular weight excluding hydrogens is 256 g/mol. The van der Waals surface area contributed by atoms with Crippen LogP contribution in [0.3, 0.4) is 0 Å². The molecule has 1 saturated heterocycles. The minimum absolute atomic E-state index is 0.0134. The summed E-state index contributed by atoms with van der Waals surface area (Å²) >= 11 is 0. The fourth-order valence-electron chi connectivity index (χ4n) is 3.31. The number of nitrogens with zero attached hydrogens (tertiary/aromatic N) is 2. The van der Waals surface area contributed by atoms with Crippen molar-refractivity contribution in [2.24, 2.45) is 11.3 Å². The van der Waals surface area contributed by atoms with E-state index in [1.807, 2.05) is 13.8 Å². The number of aliphatic hydroxyl groups excluding tert-OH is 1. The van der Waals surface area contributed by atoms with Gasteiger partial charge in [0.25, 0.3) is 0 Å². The predicted molar refractivity (Wildman–Crippen MR) is 76.0 cm³/mol. The van der Waals surface area contributed by atoms with Crippen LogP contribution in [0.4, 0.5) is 0 Å². The molecule has 0 radical (unpaired) electrons. The fourth-order valence-corrected chi connectivity index (χ4v) is 3.31. The maximum absolute atomic E-state index is 12.7. The molecule has 1 N–H and O–H groups in total. The van der Waals surface area contributed by atoms with Gasteiger partial charge in [-0.05, 0) is 31.6 Å². The van der Waals surface area contributed by atoms with E-state index in [2.05, 4.69) is 0 Å². The van der Waals surface area contributed by atoms with E-state index in [4.69, 9.17) is 0 Å². The van der Waals surface area contributed by atoms with Crippen molar-refractivity contribution in [2.75, 3.05) is 26.7 Å². The molecule has 0 unspecified atom stereocenters. The first-order valence-corrected chi connectivity index (χ1v) is 7.53. The Morgan fingerprint density at radius 1 is 1.20 bits per heavy atom. The van der Waals surface area contributed by atoms with Gasteiger partial charge in [-0.15, -0.1) is 0 Å². The van der Waals surface area contributed by atoms with Gasteiger partial charge in [0.1, 0.15) is 0 Å². The van der Waals surface area contributed by atoms with Gasteiger partial charge in [-0.3, -0.25) is 9.59 Å². The largest absolute Gasteiger partial charge is 0.393 e. The van der Waals surface area contributed by atoms with Crippen molar-refractivity contribution in [2.45, 2.75) is 45.6 Å². The molecule has 5 heteroatoms. The Hall–Kier alpha value is -1.10. The second-order valence-electron chi connectivity index (χ2n) is 6.77. The van der Waals surface area contributed by atoms with Crippen LogP contribution >= 0.6 is 0 Å². The number of piperazine rings is 1. The topological polar surface area (TPSA) is 60.9 Å². The van der Waals surface area contributed by atoms with E-state index in [1.165, 1.54) is 0 Å². The lowest BCUT2D eigenvalue weighted by molar-refractivity contribution is -0.152. The second-order valence-corrected chi connectivity index (χ2v) is 6.77. The summed E-state index contributed by atoms with van der Waals surface area (Å²) in [6, 6.07) is 0. The van der Waals surface area contributed by atoms with Gasteiger partial charge in [0.2, 0.25) is 11.8 Å². The smallest absolute Gasteiger partial charge is 0.241 e. The standard InChI is InChI=1S/C15H26N2O3/c1-15(2,11-4-6-12(18)7-5-11)14(20)17-9-8-16(3)13(19)10-17/h11-12,18H,4-10H2,1-3H3. The molecule has 2 rings (SSSR count). The summed E-state index contributed by atoms with van der Waals surface area (Å²) in [4.78, 5) is 27.9. The number of hydrogen-bond acceptors (Lipinski definition) is 3. The van der Waals surface area contributed by atoms with Gasteiger partial charge in [-0.2, -0.15) is 0 Å². The van der Waals surface area contributed by atoms with Crippen LogP contribution in [0.1, 0.15) is 39.5 Å². The first kappa shape index (κ1) is 15.3. The summed E-state index contributed by atoms with van der Waals surface area (Å²) in [5, 5.41) is 9.60. The minimum atomic E-state index is -0.448. The molecular formula is C15H26N2O3. The van der Waals surface area contributed by atoms with Gasteiger partial charge in [0.15, 0.2) is 0 Å². The zero-order chi connectivity index (χ0) is 14.9. The molecule has 0 spiro atoms. The van der Waals surface area contributed by atoms with Crippen LogP contribution in [-0.4, -0.2) is 59.5 Å². The van der Waals surface area contributed by atoms with Crippen LogP contribution in [0.2, 0.25) is 0 Å². The van der Waals surface area contributed by atoms with E-state index in [-0.39, 0.29) is 24.5 Å². The van der Waals surface area contributed by atoms with Gasteiger partial charge in [0, 0.05) is 25.6 Å². The van der Waals surface area contributed by atoms with Crippen molar-refractivity contribution in [3.8, 4) is 0 Å². The quantitative estimate of drug-likeness (QED) is 0.817. The number of likely N-dealkylation sites (N-methyl/N-ethyl adjacent to an activating group) is 1. The van der Waals surface area contributed by atoms with Gasteiger partial charge >= 0.3 is 0 Å². The van der Waals surface area contributed by atoms with E-state index in [9.17, 15) is 14.7 Å². The zero-order valence-corrected chi connectivity index (χ0v) is 12.8. The van der Waals surface area contributed by atoms with Crippen LogP contribution in [0.5, 0.6) is 0 Å². The Bertz CT molecular complexity index is 387. The Morgan fingerprint density at radius 2 is 1.80 bits per heavy atom. The van der Waals surface area contributed by atoms with E-state index in [0.717, 1.165) is 25.7 Å². The number of carbonyl (C=O) groups is 2. The Morgan fingerprint density at radius 3 is 2.35 bits per heavy atom. The van der Waals surface area contributed by atoms with E-state index in [0.29, 0.717) is 19.0 Å². The van der Waals surface area contributed by atoms with Gasteiger partial charge in [-0.25, -0.2) is 0 Å².